The minimum absolute atomic E-state index is 0. The Bertz CT molecular complexity index is 1220. The summed E-state index contributed by atoms with van der Waals surface area (Å²) < 4.78 is 32.8. The van der Waals surface area contributed by atoms with Gasteiger partial charge in [-0.15, -0.1) is 0 Å². The zero-order valence-electron chi connectivity index (χ0n) is 35.7. The average Bonchev–Trinajstić information content (AvgIpc) is 3.18. The van der Waals surface area contributed by atoms with Gasteiger partial charge >= 0.3 is 47.5 Å². The van der Waals surface area contributed by atoms with Crippen molar-refractivity contribution in [3.8, 4) is 17.2 Å². The van der Waals surface area contributed by atoms with Gasteiger partial charge in [0.15, 0.2) is 11.5 Å². The third kappa shape index (κ3) is 30.8. The van der Waals surface area contributed by atoms with Crippen molar-refractivity contribution in [3.63, 3.8) is 0 Å². The second-order valence-electron chi connectivity index (χ2n) is 14.3. The maximum absolute atomic E-state index is 12.0. The van der Waals surface area contributed by atoms with Crippen LogP contribution in [0.4, 0.5) is 0 Å². The molecule has 1 aromatic carbocycles. The van der Waals surface area contributed by atoms with Crippen LogP contribution in [0.15, 0.2) is 50.7 Å². The van der Waals surface area contributed by atoms with E-state index in [0.717, 1.165) is 154 Å². The molecular weight excluding hydrogens is 751 g/mol. The molecule has 0 atom stereocenters. The summed E-state index contributed by atoms with van der Waals surface area (Å²) in [5.74, 6) is -0.856. The summed E-state index contributed by atoms with van der Waals surface area (Å²) in [4.78, 5) is 46.2. The molecule has 12 heteroatoms. The Morgan fingerprint density at radius 3 is 0.966 bits per heavy atom. The number of esters is 3. The van der Waals surface area contributed by atoms with Gasteiger partial charge in [0, 0.05) is 24.8 Å². The summed E-state index contributed by atoms with van der Waals surface area (Å²) in [5, 5.41) is 12.0. The van der Waals surface area contributed by atoms with E-state index in [4.69, 9.17) is 28.4 Å². The van der Waals surface area contributed by atoms with Gasteiger partial charge in [-0.05, 0) is 50.7 Å². The Kier molecular flexibility index (Phi) is 37.0. The molecule has 1 aromatic rings. The second-order valence-corrected chi connectivity index (χ2v) is 14.3. The quantitative estimate of drug-likeness (QED) is 0.0210. The molecule has 0 aliphatic carbocycles. The van der Waals surface area contributed by atoms with Crippen LogP contribution in [-0.2, 0) is 28.6 Å². The molecule has 0 aliphatic heterocycles. The molecule has 1 rings (SSSR count). The van der Waals surface area contributed by atoms with Gasteiger partial charge in [0.05, 0.1) is 44.6 Å². The Hall–Kier alpha value is -3.28. The molecule has 11 nitrogen and oxygen atoms in total. The van der Waals surface area contributed by atoms with Crippen LogP contribution in [0.1, 0.15) is 184 Å². The van der Waals surface area contributed by atoms with Crippen molar-refractivity contribution in [2.45, 2.75) is 173 Å². The van der Waals surface area contributed by atoms with Crippen LogP contribution in [0.25, 0.3) is 0 Å². The van der Waals surface area contributed by atoms with Crippen LogP contribution in [0.2, 0.25) is 0 Å². The Labute approximate surface area is 370 Å². The minimum Gasteiger partial charge on any atom is -0.545 e. The van der Waals surface area contributed by atoms with Gasteiger partial charge in [-0.1, -0.05) is 135 Å². The number of ether oxygens (including phenoxy) is 6. The fourth-order valence-electron chi connectivity index (χ4n) is 6.34. The number of unbranched alkanes of at least 4 members (excludes halogenated alkanes) is 21. The SMILES string of the molecule is C=COC(=O)CCCCCCCCCCOc1cc(C(=O)[O-])cc(OCCCCCCCCCCC(=O)OC=C)c1OCCCCCCCCCCC(=O)OC=C.[Na+]. The van der Waals surface area contributed by atoms with Crippen molar-refractivity contribution in [2.75, 3.05) is 19.8 Å². The topological polar surface area (TPSA) is 147 Å². The minimum atomic E-state index is -1.30. The summed E-state index contributed by atoms with van der Waals surface area (Å²) in [6, 6.07) is 2.95. The zero-order valence-corrected chi connectivity index (χ0v) is 37.7. The molecule has 322 valence electrons. The molecule has 0 bridgehead atoms. The standard InChI is InChI=1S/C46H72O11.Na/c1-4-52-42(47)31-25-19-13-7-10-16-22-28-34-55-40-37-39(46(50)51)38-41(56-35-29-23-17-11-8-14-20-26-32-43(48)53-5-2)45(40)57-36-30-24-18-12-9-15-21-27-33-44(49)54-6-3;/h4-6,37-38H,1-3,7-36H2,(H,50,51);/q;+1/p-1. The zero-order chi connectivity index (χ0) is 41.6. The van der Waals surface area contributed by atoms with Gasteiger partial charge in [0.25, 0.3) is 0 Å². The van der Waals surface area contributed by atoms with Crippen molar-refractivity contribution in [1.29, 1.82) is 0 Å². The van der Waals surface area contributed by atoms with Crippen LogP contribution in [-0.4, -0.2) is 43.7 Å². The number of carboxylic acid groups (broad SMARTS) is 1. The summed E-state index contributed by atoms with van der Waals surface area (Å²) >= 11 is 0. The summed E-state index contributed by atoms with van der Waals surface area (Å²) in [5.41, 5.74) is -0.0135. The first-order valence-corrected chi connectivity index (χ1v) is 21.5. The number of hydrogen-bond donors (Lipinski definition) is 0. The van der Waals surface area contributed by atoms with Gasteiger partial charge in [0.2, 0.25) is 5.75 Å². The molecule has 0 saturated heterocycles. The largest absolute Gasteiger partial charge is 1.00 e. The molecule has 0 amide bonds. The van der Waals surface area contributed by atoms with E-state index in [1.807, 2.05) is 0 Å². The number of carbonyl (C=O) groups is 4. The molecule has 0 saturated carbocycles. The van der Waals surface area contributed by atoms with Gasteiger partial charge < -0.3 is 38.3 Å². The van der Waals surface area contributed by atoms with E-state index in [2.05, 4.69) is 19.7 Å². The first kappa shape index (κ1) is 54.7. The van der Waals surface area contributed by atoms with Gasteiger partial charge in [-0.3, -0.25) is 14.4 Å². The van der Waals surface area contributed by atoms with E-state index in [9.17, 15) is 24.3 Å². The third-order valence-electron chi connectivity index (χ3n) is 9.49. The van der Waals surface area contributed by atoms with E-state index < -0.39 is 5.97 Å². The van der Waals surface area contributed by atoms with Gasteiger partial charge in [-0.2, -0.15) is 0 Å². The number of rotatable bonds is 40. The normalized spacial score (nSPS) is 10.5. The monoisotopic (exact) mass is 822 g/mol. The van der Waals surface area contributed by atoms with E-state index in [1.54, 1.807) is 0 Å². The maximum Gasteiger partial charge on any atom is 1.00 e. The summed E-state index contributed by atoms with van der Waals surface area (Å²) in [6.45, 7) is 11.5. The van der Waals surface area contributed by atoms with Crippen molar-refractivity contribution in [1.82, 2.24) is 0 Å². The molecule has 0 radical (unpaired) electrons. The van der Waals surface area contributed by atoms with Crippen LogP contribution in [0.5, 0.6) is 17.2 Å². The van der Waals surface area contributed by atoms with E-state index in [0.29, 0.717) is 56.3 Å². The second kappa shape index (κ2) is 39.2. The van der Waals surface area contributed by atoms with Crippen molar-refractivity contribution >= 4 is 23.9 Å². The molecule has 0 heterocycles. The maximum atomic E-state index is 12.0. The molecule has 0 aromatic heterocycles. The van der Waals surface area contributed by atoms with Crippen LogP contribution in [0.3, 0.4) is 0 Å². The fourth-order valence-corrected chi connectivity index (χ4v) is 6.34. The first-order chi connectivity index (χ1) is 27.8. The predicted octanol–water partition coefficient (Wildman–Crippen LogP) is 7.78. The van der Waals surface area contributed by atoms with Gasteiger partial charge in [-0.25, -0.2) is 0 Å². The molecular formula is C46H71NaO11. The first-order valence-electron chi connectivity index (χ1n) is 21.5. The number of carbonyl (C=O) groups excluding carboxylic acids is 4. The average molecular weight is 823 g/mol. The van der Waals surface area contributed by atoms with E-state index in [-0.39, 0.29) is 53.0 Å². The molecule has 0 spiro atoms. The van der Waals surface area contributed by atoms with E-state index >= 15 is 0 Å². The van der Waals surface area contributed by atoms with Crippen LogP contribution < -0.4 is 48.9 Å². The smallest absolute Gasteiger partial charge is 0.545 e. The third-order valence-corrected chi connectivity index (χ3v) is 9.49. The van der Waals surface area contributed by atoms with Gasteiger partial charge in [0.1, 0.15) is 0 Å². The predicted molar refractivity (Wildman–Crippen MR) is 221 cm³/mol. The van der Waals surface area contributed by atoms with Crippen molar-refractivity contribution in [3.05, 3.63) is 56.2 Å². The molecule has 0 fully saturated rings. The van der Waals surface area contributed by atoms with Crippen LogP contribution >= 0.6 is 0 Å². The Morgan fingerprint density at radius 2 is 0.690 bits per heavy atom. The van der Waals surface area contributed by atoms with Crippen molar-refractivity contribution in [2.24, 2.45) is 0 Å². The molecule has 58 heavy (non-hydrogen) atoms. The fraction of sp³-hybridized carbons (Fsp3) is 0.652. The molecule has 0 N–H and O–H groups in total. The van der Waals surface area contributed by atoms with Crippen molar-refractivity contribution < 1.29 is 82.3 Å². The number of hydrogen-bond acceptors (Lipinski definition) is 11. The number of aromatic carboxylic acids is 1. The van der Waals surface area contributed by atoms with Crippen LogP contribution in [0, 0.1) is 0 Å². The summed E-state index contributed by atoms with van der Waals surface area (Å²) in [6.07, 6.45) is 28.7. The number of carboxylic acids is 1. The van der Waals surface area contributed by atoms with E-state index in [1.165, 1.54) is 30.9 Å². The molecule has 0 unspecified atom stereocenters. The number of benzene rings is 1. The summed E-state index contributed by atoms with van der Waals surface area (Å²) in [7, 11) is 0. The molecule has 0 aliphatic rings. The Morgan fingerprint density at radius 1 is 0.431 bits per heavy atom. The Balaban J connectivity index is 0.0000325.